The number of rotatable bonds is 9. The minimum Gasteiger partial charge on any atom is -0.486 e. The van der Waals surface area contributed by atoms with Crippen LogP contribution in [-0.2, 0) is 25.3 Å². The van der Waals surface area contributed by atoms with Crippen molar-refractivity contribution in [2.24, 2.45) is 5.92 Å². The molecule has 4 rings (SSSR count). The second kappa shape index (κ2) is 9.99. The molecule has 8 heteroatoms. The third kappa shape index (κ3) is 5.19. The van der Waals surface area contributed by atoms with Crippen molar-refractivity contribution in [3.8, 4) is 5.75 Å². The standard InChI is InChI=1S/C24H27N5O2S/c1-4-18-8-10-20(11-9-18)31-15-22-26-27-24(29(22)14-17(2)3)32-16-19-13-23(30)28-12-6-5-7-21(28)25-19/h5-13,17H,4,14-16H2,1-3H3. The second-order valence-electron chi connectivity index (χ2n) is 7.99. The summed E-state index contributed by atoms with van der Waals surface area (Å²) in [5, 5.41) is 9.57. The molecule has 0 radical (unpaired) electrons. The number of thioether (sulfide) groups is 1. The van der Waals surface area contributed by atoms with Crippen LogP contribution < -0.4 is 10.3 Å². The quantitative estimate of drug-likeness (QED) is 0.353. The summed E-state index contributed by atoms with van der Waals surface area (Å²) in [5.74, 6) is 2.57. The first-order chi connectivity index (χ1) is 15.5. The minimum atomic E-state index is -0.0852. The number of hydrogen-bond donors (Lipinski definition) is 0. The molecule has 3 aromatic heterocycles. The highest BCUT2D eigenvalue weighted by atomic mass is 32.2. The molecule has 0 unspecified atom stereocenters. The van der Waals surface area contributed by atoms with E-state index < -0.39 is 0 Å². The molecule has 0 spiro atoms. The van der Waals surface area contributed by atoms with E-state index in [-0.39, 0.29) is 5.56 Å². The van der Waals surface area contributed by atoms with Gasteiger partial charge in [0, 0.05) is 24.6 Å². The Morgan fingerprint density at radius 1 is 1.09 bits per heavy atom. The zero-order valence-corrected chi connectivity index (χ0v) is 19.4. The van der Waals surface area contributed by atoms with Crippen LogP contribution in [0.5, 0.6) is 5.75 Å². The van der Waals surface area contributed by atoms with Gasteiger partial charge in [-0.1, -0.05) is 50.7 Å². The number of aromatic nitrogens is 5. The Kier molecular flexibility index (Phi) is 6.90. The number of hydrogen-bond acceptors (Lipinski definition) is 6. The lowest BCUT2D eigenvalue weighted by Gasteiger charge is -2.13. The minimum absolute atomic E-state index is 0.0852. The Morgan fingerprint density at radius 3 is 2.66 bits per heavy atom. The lowest BCUT2D eigenvalue weighted by molar-refractivity contribution is 0.284. The molecule has 4 aromatic rings. The summed E-state index contributed by atoms with van der Waals surface area (Å²) in [4.78, 5) is 17.0. The van der Waals surface area contributed by atoms with Crippen molar-refractivity contribution in [3.63, 3.8) is 0 Å². The molecular formula is C24H27N5O2S. The summed E-state index contributed by atoms with van der Waals surface area (Å²) in [5.41, 5.74) is 2.56. The van der Waals surface area contributed by atoms with E-state index >= 15 is 0 Å². The van der Waals surface area contributed by atoms with Gasteiger partial charge in [0.1, 0.15) is 18.0 Å². The van der Waals surface area contributed by atoms with Crippen LogP contribution in [-0.4, -0.2) is 24.1 Å². The van der Waals surface area contributed by atoms with Crippen LogP contribution in [0, 0.1) is 5.92 Å². The molecule has 0 aliphatic carbocycles. The van der Waals surface area contributed by atoms with E-state index in [0.717, 1.165) is 35.4 Å². The van der Waals surface area contributed by atoms with Gasteiger partial charge in [0.05, 0.1) is 5.69 Å². The maximum atomic E-state index is 12.4. The Labute approximate surface area is 191 Å². The second-order valence-corrected chi connectivity index (χ2v) is 8.94. The molecule has 0 amide bonds. The lowest BCUT2D eigenvalue weighted by Crippen LogP contribution is -2.15. The molecule has 0 aliphatic heterocycles. The lowest BCUT2D eigenvalue weighted by atomic mass is 10.2. The summed E-state index contributed by atoms with van der Waals surface area (Å²) in [6, 6.07) is 15.2. The van der Waals surface area contributed by atoms with E-state index in [1.54, 1.807) is 12.3 Å². The third-order valence-corrected chi connectivity index (χ3v) is 6.01. The maximum Gasteiger partial charge on any atom is 0.258 e. The molecule has 166 valence electrons. The van der Waals surface area contributed by atoms with Gasteiger partial charge in [-0.25, -0.2) is 4.98 Å². The van der Waals surface area contributed by atoms with E-state index in [4.69, 9.17) is 4.74 Å². The van der Waals surface area contributed by atoms with E-state index in [9.17, 15) is 4.79 Å². The maximum absolute atomic E-state index is 12.4. The molecule has 1 aromatic carbocycles. The molecule has 0 fully saturated rings. The topological polar surface area (TPSA) is 74.3 Å². The highest BCUT2D eigenvalue weighted by Gasteiger charge is 2.15. The van der Waals surface area contributed by atoms with Gasteiger partial charge < -0.3 is 9.30 Å². The van der Waals surface area contributed by atoms with Crippen LogP contribution in [0.1, 0.15) is 37.9 Å². The molecular weight excluding hydrogens is 422 g/mol. The van der Waals surface area contributed by atoms with Crippen LogP contribution in [0.4, 0.5) is 0 Å². The zero-order valence-electron chi connectivity index (χ0n) is 18.6. The zero-order chi connectivity index (χ0) is 22.5. The SMILES string of the molecule is CCc1ccc(OCc2nnc(SCc3cc(=O)n4ccccc4n3)n2CC(C)C)cc1. The van der Waals surface area contributed by atoms with Gasteiger partial charge in [-0.05, 0) is 42.2 Å². The fourth-order valence-electron chi connectivity index (χ4n) is 3.37. The van der Waals surface area contributed by atoms with Crippen molar-refractivity contribution >= 4 is 17.4 Å². The summed E-state index contributed by atoms with van der Waals surface area (Å²) in [6.07, 6.45) is 2.73. The van der Waals surface area contributed by atoms with E-state index in [1.807, 2.05) is 30.3 Å². The van der Waals surface area contributed by atoms with Crippen LogP contribution >= 0.6 is 11.8 Å². The first-order valence-electron chi connectivity index (χ1n) is 10.8. The normalized spacial score (nSPS) is 11.4. The fourth-order valence-corrected chi connectivity index (χ4v) is 4.22. The van der Waals surface area contributed by atoms with Gasteiger partial charge in [0.2, 0.25) is 0 Å². The summed E-state index contributed by atoms with van der Waals surface area (Å²) in [6.45, 7) is 7.59. The van der Waals surface area contributed by atoms with Gasteiger partial charge in [-0.15, -0.1) is 10.2 Å². The number of fused-ring (bicyclic) bond motifs is 1. The number of pyridine rings is 1. The van der Waals surface area contributed by atoms with Gasteiger partial charge in [-0.2, -0.15) is 0 Å². The number of ether oxygens (including phenoxy) is 1. The average molecular weight is 450 g/mol. The highest BCUT2D eigenvalue weighted by molar-refractivity contribution is 7.98. The third-order valence-electron chi connectivity index (χ3n) is 5.01. The predicted octanol–water partition coefficient (Wildman–Crippen LogP) is 4.38. The molecule has 0 saturated heterocycles. The highest BCUT2D eigenvalue weighted by Crippen LogP contribution is 2.23. The monoisotopic (exact) mass is 449 g/mol. The molecule has 0 saturated carbocycles. The van der Waals surface area contributed by atoms with Crippen LogP contribution in [0.15, 0.2) is 64.7 Å². The molecule has 0 bridgehead atoms. The molecule has 0 atom stereocenters. The number of benzene rings is 1. The van der Waals surface area contributed by atoms with Crippen molar-refractivity contribution in [2.75, 3.05) is 0 Å². The van der Waals surface area contributed by atoms with Crippen molar-refractivity contribution in [3.05, 3.63) is 82.2 Å². The van der Waals surface area contributed by atoms with E-state index in [2.05, 4.69) is 52.7 Å². The van der Waals surface area contributed by atoms with Gasteiger partial charge in [-0.3, -0.25) is 9.20 Å². The summed E-state index contributed by atoms with van der Waals surface area (Å²) >= 11 is 1.53. The van der Waals surface area contributed by atoms with E-state index in [1.165, 1.54) is 21.7 Å². The van der Waals surface area contributed by atoms with E-state index in [0.29, 0.717) is 23.9 Å². The molecule has 7 nitrogen and oxygen atoms in total. The van der Waals surface area contributed by atoms with Crippen molar-refractivity contribution < 1.29 is 4.74 Å². The number of aryl methyl sites for hydroxylation is 1. The Bertz CT molecular complexity index is 1250. The van der Waals surface area contributed by atoms with Crippen LogP contribution in [0.3, 0.4) is 0 Å². The predicted molar refractivity (Wildman–Crippen MR) is 126 cm³/mol. The Morgan fingerprint density at radius 2 is 1.91 bits per heavy atom. The summed E-state index contributed by atoms with van der Waals surface area (Å²) in [7, 11) is 0. The fraction of sp³-hybridized carbons (Fsp3) is 0.333. The van der Waals surface area contributed by atoms with Gasteiger partial charge >= 0.3 is 0 Å². The van der Waals surface area contributed by atoms with Gasteiger partial charge in [0.25, 0.3) is 5.56 Å². The average Bonchev–Trinajstić information content (AvgIpc) is 3.17. The van der Waals surface area contributed by atoms with Crippen molar-refractivity contribution in [1.82, 2.24) is 24.1 Å². The first kappa shape index (κ1) is 22.1. The number of nitrogens with zero attached hydrogens (tertiary/aromatic N) is 5. The Hall–Kier alpha value is -3.13. The molecule has 32 heavy (non-hydrogen) atoms. The molecule has 0 aliphatic rings. The smallest absolute Gasteiger partial charge is 0.258 e. The van der Waals surface area contributed by atoms with Crippen LogP contribution in [0.2, 0.25) is 0 Å². The van der Waals surface area contributed by atoms with Crippen molar-refractivity contribution in [1.29, 1.82) is 0 Å². The Balaban J connectivity index is 1.49. The molecule has 3 heterocycles. The van der Waals surface area contributed by atoms with Gasteiger partial charge in [0.15, 0.2) is 11.0 Å². The van der Waals surface area contributed by atoms with Crippen molar-refractivity contribution in [2.45, 2.75) is 51.3 Å². The van der Waals surface area contributed by atoms with Crippen LogP contribution in [0.25, 0.3) is 5.65 Å². The first-order valence-corrected chi connectivity index (χ1v) is 11.8. The largest absolute Gasteiger partial charge is 0.486 e. The summed E-state index contributed by atoms with van der Waals surface area (Å²) < 4.78 is 9.61. The molecule has 0 N–H and O–H groups in total.